The summed E-state index contributed by atoms with van der Waals surface area (Å²) >= 11 is 0. The molecule has 0 amide bonds. The van der Waals surface area contributed by atoms with Crippen molar-refractivity contribution in [3.05, 3.63) is 178 Å². The Hall–Kier alpha value is -6.50. The van der Waals surface area contributed by atoms with E-state index in [1.807, 2.05) is 0 Å². The fourth-order valence-corrected chi connectivity index (χ4v) is 10.2. The zero-order valence-corrected chi connectivity index (χ0v) is 34.7. The highest BCUT2D eigenvalue weighted by Gasteiger charge is 2.36. The molecule has 0 heteroatoms. The first-order chi connectivity index (χ1) is 28.1. The Labute approximate surface area is 342 Å². The molecule has 0 saturated carbocycles. The first-order valence-electron chi connectivity index (χ1n) is 20.8. The molecule has 0 spiro atoms. The van der Waals surface area contributed by atoms with Crippen molar-refractivity contribution in [2.24, 2.45) is 0 Å². The van der Waals surface area contributed by atoms with Crippen LogP contribution in [0.5, 0.6) is 0 Å². The lowest BCUT2D eigenvalue weighted by atomic mass is 9.81. The molecule has 11 rings (SSSR count). The van der Waals surface area contributed by atoms with Crippen molar-refractivity contribution < 1.29 is 0 Å². The summed E-state index contributed by atoms with van der Waals surface area (Å²) in [6.45, 7) is 17.8. The van der Waals surface area contributed by atoms with Crippen LogP contribution in [-0.4, -0.2) is 0 Å². The van der Waals surface area contributed by atoms with E-state index in [0.717, 1.165) is 0 Å². The normalized spacial score (nSPS) is 12.1. The van der Waals surface area contributed by atoms with Crippen molar-refractivity contribution in [1.29, 1.82) is 0 Å². The van der Waals surface area contributed by atoms with Gasteiger partial charge in [-0.25, -0.2) is 0 Å². The number of hydrogen-bond donors (Lipinski definition) is 0. The number of aryl methyl sites for hydroxylation is 8. The van der Waals surface area contributed by atoms with Crippen molar-refractivity contribution >= 4 is 21.5 Å². The molecule has 9 aromatic rings. The van der Waals surface area contributed by atoms with Gasteiger partial charge in [-0.3, -0.25) is 0 Å². The van der Waals surface area contributed by atoms with Crippen LogP contribution < -0.4 is 0 Å². The third-order valence-corrected chi connectivity index (χ3v) is 13.9. The van der Waals surface area contributed by atoms with Gasteiger partial charge >= 0.3 is 0 Å². The van der Waals surface area contributed by atoms with E-state index in [-0.39, 0.29) is 0 Å². The molecule has 0 atom stereocenters. The SMILES string of the molecule is Cc1ccc(-c2ccc(-c3ccc(C)c(C)c3)c3c2-c2ccc4c5c(ccc-3c25)-c2c-4c(-c3ccc(C)c(C)c3)c3ccccc3c2-c2ccc(C)c(C)c2)cc1C. The molecule has 0 N–H and O–H groups in total. The first kappa shape index (κ1) is 34.7. The molecular formula is C58H46. The maximum atomic E-state index is 2.46. The van der Waals surface area contributed by atoms with Crippen molar-refractivity contribution in [3.8, 4) is 89.0 Å². The predicted octanol–water partition coefficient (Wildman–Crippen LogP) is 16.4. The van der Waals surface area contributed by atoms with E-state index in [0.29, 0.717) is 0 Å². The van der Waals surface area contributed by atoms with Crippen molar-refractivity contribution in [1.82, 2.24) is 0 Å². The Bertz CT molecular complexity index is 3080. The fourth-order valence-electron chi connectivity index (χ4n) is 10.2. The molecule has 2 aliphatic rings. The van der Waals surface area contributed by atoms with E-state index >= 15 is 0 Å². The molecule has 0 heterocycles. The van der Waals surface area contributed by atoms with Gasteiger partial charge in [-0.1, -0.05) is 133 Å². The summed E-state index contributed by atoms with van der Waals surface area (Å²) in [5.74, 6) is 0. The lowest BCUT2D eigenvalue weighted by Gasteiger charge is -2.21. The van der Waals surface area contributed by atoms with Crippen LogP contribution in [0, 0.1) is 55.4 Å². The van der Waals surface area contributed by atoms with Gasteiger partial charge in [0, 0.05) is 0 Å². The molecule has 0 saturated heterocycles. The summed E-state index contributed by atoms with van der Waals surface area (Å²) in [5.41, 5.74) is 31.7. The summed E-state index contributed by atoms with van der Waals surface area (Å²) in [7, 11) is 0. The largest absolute Gasteiger partial charge is 0.0616 e. The van der Waals surface area contributed by atoms with Gasteiger partial charge < -0.3 is 0 Å². The molecule has 9 aromatic carbocycles. The molecule has 0 aromatic heterocycles. The standard InChI is InChI=1S/C58H46/c1-31-13-17-39(27-35(31)5)43-21-22-44(40-18-14-32(2)36(6)28-40)54-48-24-26-50-56-49(25-23-47(53(43)54)55(48)56)57-51(41-19-15-33(3)37(7)29-41)45-11-9-10-12-46(45)52(58(50)57)42-20-16-34(4)38(8)30-42/h9-30H,1-8H3. The minimum Gasteiger partial charge on any atom is -0.0616 e. The van der Waals surface area contributed by atoms with E-state index < -0.39 is 0 Å². The first-order valence-corrected chi connectivity index (χ1v) is 20.8. The average Bonchev–Trinajstić information content (AvgIpc) is 3.74. The Balaban J connectivity index is 1.29. The second-order valence-corrected chi connectivity index (χ2v) is 17.2. The number of rotatable bonds is 4. The van der Waals surface area contributed by atoms with Gasteiger partial charge in [0.2, 0.25) is 0 Å². The minimum atomic E-state index is 1.27. The average molecular weight is 743 g/mol. The number of hydrogen-bond acceptors (Lipinski definition) is 0. The Morgan fingerprint density at radius 1 is 0.224 bits per heavy atom. The summed E-state index contributed by atoms with van der Waals surface area (Å²) in [6.07, 6.45) is 0. The molecule has 0 aliphatic heterocycles. The van der Waals surface area contributed by atoms with Gasteiger partial charge in [-0.15, -0.1) is 0 Å². The maximum Gasteiger partial charge on any atom is -0.000740 e. The minimum absolute atomic E-state index is 1.27. The quantitative estimate of drug-likeness (QED) is 0.168. The molecule has 0 bridgehead atoms. The molecular weight excluding hydrogens is 697 g/mol. The molecule has 0 radical (unpaired) electrons. The lowest BCUT2D eigenvalue weighted by molar-refractivity contribution is 1.34. The highest BCUT2D eigenvalue weighted by atomic mass is 14.4. The third-order valence-electron chi connectivity index (χ3n) is 13.9. The Morgan fingerprint density at radius 3 is 0.862 bits per heavy atom. The van der Waals surface area contributed by atoms with E-state index in [1.54, 1.807) is 0 Å². The molecule has 2 aliphatic carbocycles. The van der Waals surface area contributed by atoms with Gasteiger partial charge in [0.15, 0.2) is 0 Å². The maximum absolute atomic E-state index is 2.46. The van der Waals surface area contributed by atoms with Gasteiger partial charge in [0.1, 0.15) is 0 Å². The molecule has 0 nitrogen and oxygen atoms in total. The third kappa shape index (κ3) is 4.82. The monoisotopic (exact) mass is 742 g/mol. The number of benzene rings is 9. The van der Waals surface area contributed by atoms with Gasteiger partial charge in [-0.05, 0) is 210 Å². The van der Waals surface area contributed by atoms with Crippen LogP contribution in [0.4, 0.5) is 0 Å². The Morgan fingerprint density at radius 2 is 0.517 bits per heavy atom. The summed E-state index contributed by atoms with van der Waals surface area (Å²) in [4.78, 5) is 0. The summed E-state index contributed by atoms with van der Waals surface area (Å²) in [6, 6.07) is 51.8. The van der Waals surface area contributed by atoms with Crippen LogP contribution in [-0.2, 0) is 0 Å². The van der Waals surface area contributed by atoms with Crippen LogP contribution in [0.3, 0.4) is 0 Å². The molecule has 278 valence electrons. The Kier molecular flexibility index (Phi) is 7.48. The van der Waals surface area contributed by atoms with Crippen LogP contribution in [0.25, 0.3) is 111 Å². The topological polar surface area (TPSA) is 0 Å². The van der Waals surface area contributed by atoms with Gasteiger partial charge in [0.05, 0.1) is 0 Å². The second kappa shape index (κ2) is 12.5. The fraction of sp³-hybridized carbons (Fsp3) is 0.138. The van der Waals surface area contributed by atoms with Crippen LogP contribution in [0.1, 0.15) is 44.5 Å². The van der Waals surface area contributed by atoms with Crippen molar-refractivity contribution in [2.75, 3.05) is 0 Å². The van der Waals surface area contributed by atoms with E-state index in [4.69, 9.17) is 0 Å². The highest BCUT2D eigenvalue weighted by Crippen LogP contribution is 2.63. The zero-order valence-electron chi connectivity index (χ0n) is 34.7. The van der Waals surface area contributed by atoms with E-state index in [9.17, 15) is 0 Å². The predicted molar refractivity (Wildman–Crippen MR) is 250 cm³/mol. The van der Waals surface area contributed by atoms with Crippen molar-refractivity contribution in [2.45, 2.75) is 55.4 Å². The molecule has 0 unspecified atom stereocenters. The van der Waals surface area contributed by atoms with E-state index in [1.165, 1.54) is 155 Å². The molecule has 0 fully saturated rings. The van der Waals surface area contributed by atoms with Crippen LogP contribution >= 0.6 is 0 Å². The number of fused-ring (bicyclic) bond motifs is 7. The van der Waals surface area contributed by atoms with Crippen molar-refractivity contribution in [3.63, 3.8) is 0 Å². The molecule has 58 heavy (non-hydrogen) atoms. The summed E-state index contributed by atoms with van der Waals surface area (Å²) in [5, 5.41) is 5.36. The smallest absolute Gasteiger partial charge is 0.000740 e. The van der Waals surface area contributed by atoms with E-state index in [2.05, 4.69) is 189 Å². The highest BCUT2D eigenvalue weighted by molar-refractivity contribution is 6.33. The summed E-state index contributed by atoms with van der Waals surface area (Å²) < 4.78 is 0. The van der Waals surface area contributed by atoms with Gasteiger partial charge in [-0.2, -0.15) is 0 Å². The zero-order chi connectivity index (χ0) is 39.7. The second-order valence-electron chi connectivity index (χ2n) is 17.2. The van der Waals surface area contributed by atoms with Crippen LogP contribution in [0.15, 0.2) is 133 Å². The lowest BCUT2D eigenvalue weighted by Crippen LogP contribution is -1.95. The van der Waals surface area contributed by atoms with Gasteiger partial charge in [0.25, 0.3) is 0 Å². The van der Waals surface area contributed by atoms with Crippen LogP contribution in [0.2, 0.25) is 0 Å².